The van der Waals surface area contributed by atoms with Gasteiger partial charge in [-0.05, 0) is 69.4 Å². The zero-order chi connectivity index (χ0) is 24.1. The van der Waals surface area contributed by atoms with E-state index >= 15 is 0 Å². The van der Waals surface area contributed by atoms with E-state index in [2.05, 4.69) is 10.6 Å². The van der Waals surface area contributed by atoms with Crippen LogP contribution >= 0.6 is 34.8 Å². The summed E-state index contributed by atoms with van der Waals surface area (Å²) in [4.78, 5) is 24.5. The van der Waals surface area contributed by atoms with E-state index in [1.54, 1.807) is 18.2 Å². The van der Waals surface area contributed by atoms with E-state index in [4.69, 9.17) is 44.3 Å². The van der Waals surface area contributed by atoms with Gasteiger partial charge < -0.3 is 20.1 Å². The van der Waals surface area contributed by atoms with Gasteiger partial charge in [0.15, 0.2) is 6.61 Å². The molecule has 2 aromatic rings. The number of benzene rings is 2. The molecule has 2 N–H and O–H groups in total. The molecule has 0 aliphatic heterocycles. The molecule has 1 aliphatic carbocycles. The summed E-state index contributed by atoms with van der Waals surface area (Å²) in [5, 5.41) is 7.35. The van der Waals surface area contributed by atoms with Crippen LogP contribution in [-0.2, 0) is 16.0 Å². The van der Waals surface area contributed by atoms with E-state index in [1.807, 2.05) is 38.1 Å². The van der Waals surface area contributed by atoms with Crippen molar-refractivity contribution in [3.05, 3.63) is 63.1 Å². The SMILES string of the molecule is CC1(NC(=O)COc2ccc(Cl)c(Cl)c2)CC(C)(NC(=O)OCCCc2cccc(Cl)c2)C1. The molecule has 0 heterocycles. The molecule has 1 aliphatic rings. The minimum Gasteiger partial charge on any atom is -0.484 e. The van der Waals surface area contributed by atoms with Crippen LogP contribution in [0, 0.1) is 0 Å². The highest BCUT2D eigenvalue weighted by atomic mass is 35.5. The molecule has 178 valence electrons. The molecule has 0 saturated heterocycles. The molecular weight excluding hydrogens is 487 g/mol. The summed E-state index contributed by atoms with van der Waals surface area (Å²) in [5.41, 5.74) is 0.218. The van der Waals surface area contributed by atoms with Gasteiger partial charge in [0.25, 0.3) is 5.91 Å². The minimum atomic E-state index is -0.458. The van der Waals surface area contributed by atoms with Gasteiger partial charge in [-0.1, -0.05) is 46.9 Å². The topological polar surface area (TPSA) is 76.7 Å². The number of carbonyl (C=O) groups is 2. The van der Waals surface area contributed by atoms with Crippen molar-refractivity contribution in [2.24, 2.45) is 0 Å². The van der Waals surface area contributed by atoms with Gasteiger partial charge in [0.1, 0.15) is 5.75 Å². The standard InChI is InChI=1S/C24H27Cl3N2O4/c1-23(28-21(30)13-33-18-8-9-19(26)20(27)12-18)14-24(2,15-23)29-22(31)32-10-4-6-16-5-3-7-17(25)11-16/h3,5,7-9,11-12H,4,6,10,13-15H2,1-2H3,(H,28,30)(H,29,31). The maximum atomic E-state index is 12.3. The number of hydrogen-bond acceptors (Lipinski definition) is 4. The zero-order valence-electron chi connectivity index (χ0n) is 18.6. The normalized spacial score (nSPS) is 21.6. The Hall–Kier alpha value is -2.15. The number of carbonyl (C=O) groups excluding carboxylic acids is 2. The molecule has 9 heteroatoms. The summed E-state index contributed by atoms with van der Waals surface area (Å²) >= 11 is 17.8. The molecule has 0 radical (unpaired) electrons. The highest BCUT2D eigenvalue weighted by Crippen LogP contribution is 2.41. The summed E-state index contributed by atoms with van der Waals surface area (Å²) in [7, 11) is 0. The lowest BCUT2D eigenvalue weighted by Crippen LogP contribution is -2.68. The Bertz CT molecular complexity index is 1010. The number of nitrogens with one attached hydrogen (secondary N) is 2. The lowest BCUT2D eigenvalue weighted by atomic mass is 9.64. The molecule has 0 spiro atoms. The summed E-state index contributed by atoms with van der Waals surface area (Å²) < 4.78 is 10.8. The Morgan fingerprint density at radius 3 is 2.39 bits per heavy atom. The fourth-order valence-electron chi connectivity index (χ4n) is 4.35. The molecule has 2 aromatic carbocycles. The van der Waals surface area contributed by atoms with E-state index in [9.17, 15) is 9.59 Å². The Labute approximate surface area is 208 Å². The van der Waals surface area contributed by atoms with Gasteiger partial charge in [-0.3, -0.25) is 4.79 Å². The Morgan fingerprint density at radius 1 is 0.970 bits per heavy atom. The van der Waals surface area contributed by atoms with Gasteiger partial charge in [-0.25, -0.2) is 4.79 Å². The second kappa shape index (κ2) is 10.9. The first kappa shape index (κ1) is 25.5. The third kappa shape index (κ3) is 7.70. The highest BCUT2D eigenvalue weighted by molar-refractivity contribution is 6.42. The smallest absolute Gasteiger partial charge is 0.407 e. The van der Waals surface area contributed by atoms with Crippen molar-refractivity contribution >= 4 is 46.8 Å². The van der Waals surface area contributed by atoms with Crippen LogP contribution in [0.15, 0.2) is 42.5 Å². The van der Waals surface area contributed by atoms with E-state index in [0.717, 1.165) is 12.0 Å². The maximum Gasteiger partial charge on any atom is 0.407 e. The first-order chi connectivity index (χ1) is 15.6. The van der Waals surface area contributed by atoms with E-state index in [-0.39, 0.29) is 12.5 Å². The van der Waals surface area contributed by atoms with Crippen molar-refractivity contribution in [3.8, 4) is 5.75 Å². The lowest BCUT2D eigenvalue weighted by molar-refractivity contribution is -0.126. The number of hydrogen-bond donors (Lipinski definition) is 2. The zero-order valence-corrected chi connectivity index (χ0v) is 20.8. The fourth-order valence-corrected chi connectivity index (χ4v) is 4.85. The van der Waals surface area contributed by atoms with Crippen LogP contribution in [0.25, 0.3) is 0 Å². The number of alkyl carbamates (subject to hydrolysis) is 1. The van der Waals surface area contributed by atoms with Crippen molar-refractivity contribution in [1.29, 1.82) is 0 Å². The average Bonchev–Trinajstić information content (AvgIpc) is 2.71. The van der Waals surface area contributed by atoms with Gasteiger partial charge in [0.2, 0.25) is 0 Å². The maximum absolute atomic E-state index is 12.3. The predicted octanol–water partition coefficient (Wildman–Crippen LogP) is 5.81. The van der Waals surface area contributed by atoms with Crippen molar-refractivity contribution in [2.75, 3.05) is 13.2 Å². The minimum absolute atomic E-state index is 0.146. The summed E-state index contributed by atoms with van der Waals surface area (Å²) in [6.45, 7) is 4.03. The quantitative estimate of drug-likeness (QED) is 0.415. The van der Waals surface area contributed by atoms with Crippen molar-refractivity contribution in [1.82, 2.24) is 10.6 Å². The van der Waals surface area contributed by atoms with Gasteiger partial charge >= 0.3 is 6.09 Å². The van der Waals surface area contributed by atoms with Crippen LogP contribution in [0.3, 0.4) is 0 Å². The van der Waals surface area contributed by atoms with E-state index in [1.165, 1.54) is 0 Å². The molecule has 1 fully saturated rings. The van der Waals surface area contributed by atoms with Crippen LogP contribution in [0.2, 0.25) is 15.1 Å². The summed E-state index contributed by atoms with van der Waals surface area (Å²) in [6, 6.07) is 12.4. The van der Waals surface area contributed by atoms with E-state index < -0.39 is 17.2 Å². The number of halogens is 3. The Kier molecular flexibility index (Phi) is 8.38. The van der Waals surface area contributed by atoms with Gasteiger partial charge in [0, 0.05) is 22.2 Å². The third-order valence-corrected chi connectivity index (χ3v) is 6.37. The Balaban J connectivity index is 1.34. The van der Waals surface area contributed by atoms with E-state index in [0.29, 0.717) is 46.7 Å². The largest absolute Gasteiger partial charge is 0.484 e. The third-order valence-electron chi connectivity index (χ3n) is 5.40. The number of amides is 2. The van der Waals surface area contributed by atoms with Gasteiger partial charge in [-0.15, -0.1) is 0 Å². The summed E-state index contributed by atoms with van der Waals surface area (Å²) in [5.74, 6) is 0.206. The van der Waals surface area contributed by atoms with Crippen LogP contribution in [0.4, 0.5) is 4.79 Å². The first-order valence-corrected chi connectivity index (χ1v) is 11.8. The summed E-state index contributed by atoms with van der Waals surface area (Å²) in [6.07, 6.45) is 2.18. The van der Waals surface area contributed by atoms with Crippen LogP contribution in [0.5, 0.6) is 5.75 Å². The highest BCUT2D eigenvalue weighted by Gasteiger charge is 2.50. The molecule has 1 saturated carbocycles. The molecule has 0 bridgehead atoms. The lowest BCUT2D eigenvalue weighted by Gasteiger charge is -2.53. The molecule has 6 nitrogen and oxygen atoms in total. The fraction of sp³-hybridized carbons (Fsp3) is 0.417. The molecule has 33 heavy (non-hydrogen) atoms. The van der Waals surface area contributed by atoms with Crippen molar-refractivity contribution in [2.45, 2.75) is 50.6 Å². The molecule has 2 amide bonds. The average molecular weight is 514 g/mol. The number of rotatable bonds is 9. The van der Waals surface area contributed by atoms with Gasteiger partial charge in [0.05, 0.1) is 16.7 Å². The second-order valence-corrected chi connectivity index (χ2v) is 10.1. The van der Waals surface area contributed by atoms with Crippen LogP contribution in [-0.4, -0.2) is 36.3 Å². The van der Waals surface area contributed by atoms with Crippen LogP contribution in [0.1, 0.15) is 38.7 Å². The molecule has 3 rings (SSSR count). The second-order valence-electron chi connectivity index (χ2n) is 8.88. The molecule has 0 unspecified atom stereocenters. The van der Waals surface area contributed by atoms with Gasteiger partial charge in [-0.2, -0.15) is 0 Å². The molecule has 0 aromatic heterocycles. The number of aryl methyl sites for hydroxylation is 1. The van der Waals surface area contributed by atoms with Crippen molar-refractivity contribution < 1.29 is 19.1 Å². The monoisotopic (exact) mass is 512 g/mol. The number of ether oxygens (including phenoxy) is 2. The van der Waals surface area contributed by atoms with Crippen molar-refractivity contribution in [3.63, 3.8) is 0 Å². The first-order valence-electron chi connectivity index (χ1n) is 10.6. The molecular formula is C24H27Cl3N2O4. The Morgan fingerprint density at radius 2 is 1.70 bits per heavy atom. The molecule has 0 atom stereocenters. The predicted molar refractivity (Wildman–Crippen MR) is 130 cm³/mol. The van der Waals surface area contributed by atoms with Crippen LogP contribution < -0.4 is 15.4 Å².